The standard InChI is InChI=1S/C27H30O16.C15H10O7.Fe/c1-8-17(32)20(35)22(37)26(40-8)39-7-15-18(33)21(36)23(38)27(42-15)43-25-19(34)16-13(31)5-10(28)6-14(16)41-24(25)9-2-3-11(29)12(30)4-9;16-7-4-10(19)12-11(5-7)22-15(14(21)13(12)20)6-1-2-8(17)9(18)3-6;/h2-6,8,15,17-18,20-23,26-33,35-38H,7H2,1H3;1-5,16-19,21H;/t8-,15+,17-,18+,20+,21-,22+,23+,26+,27-;;/m0../s1. The van der Waals surface area contributed by atoms with Crippen molar-refractivity contribution in [2.45, 2.75) is 68.3 Å². The normalized spacial score (nSPS) is 25.1. The van der Waals surface area contributed by atoms with E-state index in [-0.39, 0.29) is 62.0 Å². The molecule has 8 rings (SSSR count). The van der Waals surface area contributed by atoms with Crippen molar-refractivity contribution < 1.29 is 121 Å². The van der Waals surface area contributed by atoms with Crippen LogP contribution in [0.4, 0.5) is 0 Å². The second kappa shape index (κ2) is 19.1. The van der Waals surface area contributed by atoms with Crippen LogP contribution in [0.2, 0.25) is 0 Å². The Morgan fingerprint density at radius 1 is 0.515 bits per heavy atom. The minimum absolute atomic E-state index is 0. The van der Waals surface area contributed by atoms with Gasteiger partial charge in [0.05, 0.1) is 12.7 Å². The molecule has 2 aromatic heterocycles. The Kier molecular flexibility index (Phi) is 14.2. The quantitative estimate of drug-likeness (QED) is 0.0755. The van der Waals surface area contributed by atoms with Crippen molar-refractivity contribution >= 4 is 21.9 Å². The molecule has 10 atom stereocenters. The molecule has 0 saturated carbocycles. The van der Waals surface area contributed by atoms with E-state index in [1.807, 2.05) is 0 Å². The molecule has 0 bridgehead atoms. The molecule has 15 N–H and O–H groups in total. The summed E-state index contributed by atoms with van der Waals surface area (Å²) in [5.74, 6) is -6.05. The number of phenols is 8. The number of phenolic OH excluding ortho intramolecular Hbond substituents is 8. The molecule has 2 saturated heterocycles. The average Bonchev–Trinajstić information content (AvgIpc) is 3.25. The molecule has 0 amide bonds. The number of hydrogen-bond donors (Lipinski definition) is 15. The van der Waals surface area contributed by atoms with Gasteiger partial charge in [-0.25, -0.2) is 0 Å². The van der Waals surface area contributed by atoms with Gasteiger partial charge in [0.25, 0.3) is 0 Å². The summed E-state index contributed by atoms with van der Waals surface area (Å²) in [4.78, 5) is 25.7. The van der Waals surface area contributed by atoms with Gasteiger partial charge in [0.15, 0.2) is 40.8 Å². The third kappa shape index (κ3) is 9.28. The second-order valence-corrected chi connectivity index (χ2v) is 14.9. The van der Waals surface area contributed by atoms with Gasteiger partial charge in [-0.3, -0.25) is 9.59 Å². The number of ether oxygens (including phenoxy) is 4. The minimum atomic E-state index is -1.97. The van der Waals surface area contributed by atoms with Crippen LogP contribution in [0.3, 0.4) is 0 Å². The average molecular weight is 969 g/mol. The van der Waals surface area contributed by atoms with Crippen molar-refractivity contribution in [2.75, 3.05) is 6.61 Å². The predicted octanol–water partition coefficient (Wildman–Crippen LogP) is 0.298. The van der Waals surface area contributed by atoms with E-state index in [0.29, 0.717) is 0 Å². The fourth-order valence-corrected chi connectivity index (χ4v) is 6.97. The molecule has 6 aromatic rings. The third-order valence-electron chi connectivity index (χ3n) is 10.5. The Labute approximate surface area is 378 Å². The van der Waals surface area contributed by atoms with Gasteiger partial charge in [0.2, 0.25) is 28.6 Å². The molecule has 24 heteroatoms. The van der Waals surface area contributed by atoms with Crippen molar-refractivity contribution in [3.63, 3.8) is 0 Å². The molecule has 0 unspecified atom stereocenters. The van der Waals surface area contributed by atoms with Crippen LogP contribution in [0, 0.1) is 0 Å². The van der Waals surface area contributed by atoms with Gasteiger partial charge >= 0.3 is 0 Å². The van der Waals surface area contributed by atoms with Gasteiger partial charge < -0.3 is 104 Å². The van der Waals surface area contributed by atoms with Crippen molar-refractivity contribution in [3.05, 3.63) is 81.1 Å². The van der Waals surface area contributed by atoms with Gasteiger partial charge in [0.1, 0.15) is 87.7 Å². The largest absolute Gasteiger partial charge is 0.508 e. The molecule has 0 radical (unpaired) electrons. The van der Waals surface area contributed by atoms with E-state index in [1.165, 1.54) is 19.1 Å². The minimum Gasteiger partial charge on any atom is -0.508 e. The SMILES string of the molecule is C[C@@H]1O[C@@H](OC[C@H]2O[C@@H](Oc3c(-c4ccc(O)c(O)c4)oc4cc(O)cc(O)c4c3=O)[C@H](O)[C@@H](O)[C@@H]2O)[C@H](O)[C@H](O)[C@H]1O.O=c1c(O)c(-c2ccc(O)c(O)c2)oc2cc(O)cc(O)c12.[Fe]. The first kappa shape index (κ1) is 48.9. The first-order valence-electron chi connectivity index (χ1n) is 19.1. The molecule has 0 aliphatic carbocycles. The monoisotopic (exact) mass is 968 g/mol. The molecular formula is C42H40FeO23. The molecule has 2 aliphatic rings. The molecule has 4 heterocycles. The maximum absolute atomic E-state index is 13.6. The van der Waals surface area contributed by atoms with Crippen LogP contribution in [0.15, 0.2) is 79.1 Å². The molecule has 354 valence electrons. The summed E-state index contributed by atoms with van der Waals surface area (Å²) in [6.07, 6.45) is -16.2. The topological polar surface area (TPSA) is 401 Å². The van der Waals surface area contributed by atoms with Gasteiger partial charge in [0, 0.05) is 52.5 Å². The van der Waals surface area contributed by atoms with Gasteiger partial charge in [-0.15, -0.1) is 0 Å². The fourth-order valence-electron chi connectivity index (χ4n) is 6.97. The molecular weight excluding hydrogens is 928 g/mol. The molecule has 2 aliphatic heterocycles. The van der Waals surface area contributed by atoms with E-state index in [4.69, 9.17) is 27.8 Å². The third-order valence-corrected chi connectivity index (χ3v) is 10.5. The van der Waals surface area contributed by atoms with Crippen LogP contribution in [-0.2, 0) is 31.3 Å². The second-order valence-electron chi connectivity index (χ2n) is 14.9. The summed E-state index contributed by atoms with van der Waals surface area (Å²) in [5.41, 5.74) is -2.24. The van der Waals surface area contributed by atoms with Crippen LogP contribution in [-0.4, -0.2) is 145 Å². The number of fused-ring (bicyclic) bond motifs is 2. The summed E-state index contributed by atoms with van der Waals surface area (Å²) in [6, 6.07) is 10.9. The zero-order valence-corrected chi connectivity index (χ0v) is 34.7. The zero-order chi connectivity index (χ0) is 47.3. The van der Waals surface area contributed by atoms with Crippen LogP contribution in [0.25, 0.3) is 44.6 Å². The van der Waals surface area contributed by atoms with E-state index in [0.717, 1.165) is 48.5 Å². The van der Waals surface area contributed by atoms with Crippen molar-refractivity contribution in [1.29, 1.82) is 0 Å². The van der Waals surface area contributed by atoms with E-state index in [1.54, 1.807) is 0 Å². The number of rotatable bonds is 7. The Bertz CT molecular complexity index is 2880. The maximum atomic E-state index is 13.6. The van der Waals surface area contributed by atoms with Gasteiger partial charge in [-0.1, -0.05) is 0 Å². The Hall–Kier alpha value is -6.54. The van der Waals surface area contributed by atoms with E-state index in [2.05, 4.69) is 0 Å². The number of benzene rings is 4. The maximum Gasteiger partial charge on any atom is 0.239 e. The number of hydrogen-bond acceptors (Lipinski definition) is 23. The van der Waals surface area contributed by atoms with Crippen molar-refractivity contribution in [3.8, 4) is 80.1 Å². The Balaban J connectivity index is 0.000000263. The zero-order valence-electron chi connectivity index (χ0n) is 33.6. The summed E-state index contributed by atoms with van der Waals surface area (Å²) < 4.78 is 33.2. The first-order valence-corrected chi connectivity index (χ1v) is 19.1. The summed E-state index contributed by atoms with van der Waals surface area (Å²) in [5, 5.41) is 149. The number of aliphatic hydroxyl groups is 6. The fraction of sp³-hybridized carbons (Fsp3) is 0.286. The van der Waals surface area contributed by atoms with Gasteiger partial charge in [-0.2, -0.15) is 0 Å². The van der Waals surface area contributed by atoms with E-state index >= 15 is 0 Å². The smallest absolute Gasteiger partial charge is 0.239 e. The van der Waals surface area contributed by atoms with Crippen LogP contribution >= 0.6 is 0 Å². The van der Waals surface area contributed by atoms with Crippen molar-refractivity contribution in [2.24, 2.45) is 0 Å². The number of aliphatic hydroxyl groups excluding tert-OH is 6. The summed E-state index contributed by atoms with van der Waals surface area (Å²) in [7, 11) is 0. The van der Waals surface area contributed by atoms with Gasteiger partial charge in [-0.05, 0) is 43.3 Å². The Morgan fingerprint density at radius 2 is 1.00 bits per heavy atom. The first-order chi connectivity index (χ1) is 30.7. The van der Waals surface area contributed by atoms with Crippen LogP contribution in [0.1, 0.15) is 6.92 Å². The van der Waals surface area contributed by atoms with Crippen LogP contribution < -0.4 is 15.6 Å². The molecule has 2 fully saturated rings. The summed E-state index contributed by atoms with van der Waals surface area (Å²) in [6.45, 7) is 0.818. The van der Waals surface area contributed by atoms with Crippen LogP contribution in [0.5, 0.6) is 57.5 Å². The van der Waals surface area contributed by atoms with E-state index < -0.39 is 136 Å². The molecule has 0 spiro atoms. The number of aromatic hydroxyl groups is 9. The van der Waals surface area contributed by atoms with Crippen molar-refractivity contribution in [1.82, 2.24) is 0 Å². The Morgan fingerprint density at radius 3 is 1.55 bits per heavy atom. The summed E-state index contributed by atoms with van der Waals surface area (Å²) >= 11 is 0. The molecule has 4 aromatic carbocycles. The molecule has 23 nitrogen and oxygen atoms in total. The van der Waals surface area contributed by atoms with E-state index in [9.17, 15) is 86.2 Å². The molecule has 66 heavy (non-hydrogen) atoms. The predicted molar refractivity (Wildman–Crippen MR) is 216 cm³/mol.